The van der Waals surface area contributed by atoms with Gasteiger partial charge in [0.1, 0.15) is 6.07 Å². The molecule has 5 rings (SSSR count). The molecule has 25 heavy (non-hydrogen) atoms. The highest BCUT2D eigenvalue weighted by molar-refractivity contribution is 8.01. The van der Waals surface area contributed by atoms with E-state index in [0.29, 0.717) is 16.5 Å². The predicted molar refractivity (Wildman–Crippen MR) is 97.8 cm³/mol. The number of aromatic nitrogens is 1. The first-order valence-corrected chi connectivity index (χ1v) is 10.0. The van der Waals surface area contributed by atoms with Crippen molar-refractivity contribution >= 4 is 29.0 Å². The second kappa shape index (κ2) is 7.16. The molecule has 1 atom stereocenters. The van der Waals surface area contributed by atoms with Gasteiger partial charge in [-0.3, -0.25) is 4.79 Å². The van der Waals surface area contributed by atoms with E-state index in [9.17, 15) is 4.79 Å². The third-order valence-electron chi connectivity index (χ3n) is 4.89. The Morgan fingerprint density at radius 3 is 2.68 bits per heavy atom. The normalized spacial score (nSPS) is 24.7. The van der Waals surface area contributed by atoms with Gasteiger partial charge in [0, 0.05) is 23.0 Å². The van der Waals surface area contributed by atoms with Gasteiger partial charge in [0.2, 0.25) is 0 Å². The van der Waals surface area contributed by atoms with Crippen LogP contribution in [-0.2, 0) is 0 Å². The van der Waals surface area contributed by atoms with E-state index in [1.165, 1.54) is 37.3 Å². The van der Waals surface area contributed by atoms with Crippen molar-refractivity contribution in [1.82, 2.24) is 15.2 Å². The number of amides is 1. The molecule has 3 fully saturated rings. The van der Waals surface area contributed by atoms with Gasteiger partial charge in [-0.15, -0.1) is 0 Å². The summed E-state index contributed by atoms with van der Waals surface area (Å²) in [5, 5.41) is 12.5. The molecule has 0 spiro atoms. The molecule has 3 aliphatic rings. The molecule has 1 aromatic heterocycles. The van der Waals surface area contributed by atoms with Crippen LogP contribution in [0.2, 0.25) is 0 Å². The van der Waals surface area contributed by atoms with Gasteiger partial charge < -0.3 is 10.2 Å². The van der Waals surface area contributed by atoms with Crippen molar-refractivity contribution in [2.24, 2.45) is 5.92 Å². The van der Waals surface area contributed by atoms with Gasteiger partial charge in [-0.2, -0.15) is 5.26 Å². The summed E-state index contributed by atoms with van der Waals surface area (Å²) in [5.74, 6) is 0.643. The van der Waals surface area contributed by atoms with E-state index in [1.807, 2.05) is 30.3 Å². The van der Waals surface area contributed by atoms with Crippen LogP contribution in [0.1, 0.15) is 28.2 Å². The first-order chi connectivity index (χ1) is 12.2. The fourth-order valence-electron chi connectivity index (χ4n) is 3.53. The lowest BCUT2D eigenvalue weighted by molar-refractivity contribution is 0.0620. The molecule has 1 N–H and O–H groups in total. The van der Waals surface area contributed by atoms with E-state index in [4.69, 9.17) is 5.26 Å². The minimum absolute atomic E-state index is 0.0138. The molecule has 0 saturated carbocycles. The summed E-state index contributed by atoms with van der Waals surface area (Å²) in [4.78, 5) is 20.0. The Labute approximate surface area is 155 Å². The molecule has 0 aliphatic carbocycles. The van der Waals surface area contributed by atoms with Crippen LogP contribution in [0.3, 0.4) is 0 Å². The van der Waals surface area contributed by atoms with Crippen molar-refractivity contribution in [1.29, 1.82) is 5.26 Å². The minimum atomic E-state index is 0.0138. The second-order valence-electron chi connectivity index (χ2n) is 6.44. The molecule has 128 valence electrons. The molecule has 3 aliphatic heterocycles. The van der Waals surface area contributed by atoms with Crippen molar-refractivity contribution in [3.05, 3.63) is 41.0 Å². The van der Waals surface area contributed by atoms with Crippen molar-refractivity contribution in [2.45, 2.75) is 28.0 Å². The molecule has 5 nitrogen and oxygen atoms in total. The van der Waals surface area contributed by atoms with Gasteiger partial charge in [-0.05, 0) is 56.1 Å². The molecule has 0 radical (unpaired) electrons. The van der Waals surface area contributed by atoms with Crippen LogP contribution in [-0.4, -0.2) is 41.5 Å². The highest BCUT2D eigenvalue weighted by atomic mass is 32.2. The molecule has 1 aromatic carbocycles. The van der Waals surface area contributed by atoms with Crippen molar-refractivity contribution in [3.63, 3.8) is 0 Å². The molecule has 4 heterocycles. The Balaban J connectivity index is 1.38. The summed E-state index contributed by atoms with van der Waals surface area (Å²) in [6.45, 7) is 3.33. The summed E-state index contributed by atoms with van der Waals surface area (Å²) in [6.07, 6.45) is 4.10. The topological polar surface area (TPSA) is 69.0 Å². The average molecular weight is 371 g/mol. The zero-order valence-corrected chi connectivity index (χ0v) is 15.3. The Bertz CT molecular complexity index is 803. The van der Waals surface area contributed by atoms with Gasteiger partial charge in [-0.1, -0.05) is 23.1 Å². The average Bonchev–Trinajstić information content (AvgIpc) is 3.11. The highest BCUT2D eigenvalue weighted by Crippen LogP contribution is 2.32. The summed E-state index contributed by atoms with van der Waals surface area (Å²) in [6, 6.07) is 9.95. The number of hydrogen-bond acceptors (Lipinski definition) is 6. The molecule has 3 saturated heterocycles. The zero-order chi connectivity index (χ0) is 17.2. The van der Waals surface area contributed by atoms with E-state index < -0.39 is 0 Å². The number of thiazole rings is 1. The maximum absolute atomic E-state index is 12.5. The third kappa shape index (κ3) is 3.71. The van der Waals surface area contributed by atoms with Crippen molar-refractivity contribution in [2.75, 3.05) is 19.6 Å². The quantitative estimate of drug-likeness (QED) is 0.896. The van der Waals surface area contributed by atoms with Crippen LogP contribution in [0.4, 0.5) is 0 Å². The number of fused-ring (bicyclic) bond motifs is 3. The summed E-state index contributed by atoms with van der Waals surface area (Å²) < 4.78 is 0.973. The van der Waals surface area contributed by atoms with E-state index in [2.05, 4.69) is 15.2 Å². The largest absolute Gasteiger partial charge is 0.348 e. The van der Waals surface area contributed by atoms with Crippen LogP contribution in [0.25, 0.3) is 0 Å². The summed E-state index contributed by atoms with van der Waals surface area (Å²) in [5.41, 5.74) is 0.697. The fraction of sp³-hybridized carbons (Fsp3) is 0.389. The van der Waals surface area contributed by atoms with Crippen molar-refractivity contribution < 1.29 is 4.79 Å². The number of piperidine rings is 3. The number of carbonyl (C=O) groups excluding carboxylic acids is 1. The van der Waals surface area contributed by atoms with Gasteiger partial charge in [0.25, 0.3) is 5.91 Å². The van der Waals surface area contributed by atoms with Crippen LogP contribution in [0.5, 0.6) is 0 Å². The Morgan fingerprint density at radius 1 is 1.32 bits per heavy atom. The van der Waals surface area contributed by atoms with Gasteiger partial charge in [0.15, 0.2) is 5.01 Å². The molecule has 2 aromatic rings. The smallest absolute Gasteiger partial charge is 0.251 e. The first kappa shape index (κ1) is 16.6. The van der Waals surface area contributed by atoms with E-state index in [-0.39, 0.29) is 11.9 Å². The van der Waals surface area contributed by atoms with E-state index in [0.717, 1.165) is 15.6 Å². The number of nitrogens with one attached hydrogen (secondary N) is 1. The van der Waals surface area contributed by atoms with Gasteiger partial charge in [-0.25, -0.2) is 4.98 Å². The van der Waals surface area contributed by atoms with Crippen LogP contribution in [0.15, 0.2) is 39.6 Å². The van der Waals surface area contributed by atoms with Crippen LogP contribution in [0, 0.1) is 17.2 Å². The number of rotatable bonds is 4. The Kier molecular flexibility index (Phi) is 4.75. The summed E-state index contributed by atoms with van der Waals surface area (Å²) >= 11 is 2.93. The number of carbonyl (C=O) groups is 1. The predicted octanol–water partition coefficient (Wildman–Crippen LogP) is 2.99. The molecule has 2 bridgehead atoms. The number of hydrogen-bond donors (Lipinski definition) is 1. The molecular formula is C18H18N4OS2. The lowest BCUT2D eigenvalue weighted by atomic mass is 9.84. The maximum atomic E-state index is 12.5. The van der Waals surface area contributed by atoms with Crippen molar-refractivity contribution in [3.8, 4) is 6.07 Å². The number of benzene rings is 1. The van der Waals surface area contributed by atoms with Crippen LogP contribution < -0.4 is 5.32 Å². The zero-order valence-electron chi connectivity index (χ0n) is 13.6. The number of nitrogens with zero attached hydrogens (tertiary/aromatic N) is 3. The lowest BCUT2D eigenvalue weighted by Crippen LogP contribution is -2.57. The number of nitriles is 1. The standard InChI is InChI=1S/C18H18N4OS2/c19-9-16-20-10-17(25-16)24-14-3-1-13(2-4-14)18(23)21-15-11-22-7-5-12(15)6-8-22/h1-4,10,12,15H,5-8,11H2,(H,21,23)/t15-/m0/s1. The van der Waals surface area contributed by atoms with Gasteiger partial charge in [0.05, 0.1) is 10.4 Å². The molecule has 7 heteroatoms. The second-order valence-corrected chi connectivity index (χ2v) is 8.85. The van der Waals surface area contributed by atoms with E-state index in [1.54, 1.807) is 18.0 Å². The molecular weight excluding hydrogens is 352 g/mol. The minimum Gasteiger partial charge on any atom is -0.348 e. The van der Waals surface area contributed by atoms with E-state index >= 15 is 0 Å². The lowest BCUT2D eigenvalue weighted by Gasteiger charge is -2.44. The molecule has 1 amide bonds. The molecule has 0 unspecified atom stereocenters. The summed E-state index contributed by atoms with van der Waals surface area (Å²) in [7, 11) is 0. The third-order valence-corrected chi connectivity index (χ3v) is 6.90. The highest BCUT2D eigenvalue weighted by Gasteiger charge is 2.34. The first-order valence-electron chi connectivity index (χ1n) is 8.38. The van der Waals surface area contributed by atoms with Gasteiger partial charge >= 0.3 is 0 Å². The Morgan fingerprint density at radius 2 is 2.08 bits per heavy atom. The SMILES string of the molecule is N#Cc1ncc(Sc2ccc(C(=O)N[C@H]3CN4CCC3CC4)cc2)s1. The Hall–Kier alpha value is -1.88. The monoisotopic (exact) mass is 370 g/mol. The fourth-order valence-corrected chi connectivity index (χ4v) is 5.28. The van der Waals surface area contributed by atoms with Crippen LogP contribution >= 0.6 is 23.1 Å². The maximum Gasteiger partial charge on any atom is 0.251 e.